The number of rotatable bonds is 4. The third-order valence-corrected chi connectivity index (χ3v) is 7.85. The van der Waals surface area contributed by atoms with Gasteiger partial charge in [0.05, 0.1) is 24.3 Å². The first-order valence-electron chi connectivity index (χ1n) is 13.6. The fraction of sp³-hybridized carbons (Fsp3) is 0.367. The molecule has 0 bridgehead atoms. The zero-order chi connectivity index (χ0) is 26.5. The summed E-state index contributed by atoms with van der Waals surface area (Å²) in [4.78, 5) is 18.5. The lowest BCUT2D eigenvalue weighted by Crippen LogP contribution is -2.30. The van der Waals surface area contributed by atoms with Crippen LogP contribution in [0.3, 0.4) is 0 Å². The van der Waals surface area contributed by atoms with E-state index < -0.39 is 5.82 Å². The second kappa shape index (κ2) is 9.64. The van der Waals surface area contributed by atoms with Gasteiger partial charge in [-0.3, -0.25) is 4.98 Å². The fourth-order valence-electron chi connectivity index (χ4n) is 6.05. The smallest absolute Gasteiger partial charge is 0.324 e. The van der Waals surface area contributed by atoms with Crippen molar-refractivity contribution in [2.75, 3.05) is 44.3 Å². The van der Waals surface area contributed by atoms with Crippen LogP contribution >= 0.6 is 0 Å². The highest BCUT2D eigenvalue weighted by atomic mass is 19.1. The van der Waals surface area contributed by atoms with Crippen LogP contribution in [0.15, 0.2) is 54.1 Å². The van der Waals surface area contributed by atoms with Crippen molar-refractivity contribution >= 4 is 27.5 Å². The van der Waals surface area contributed by atoms with Crippen molar-refractivity contribution in [2.24, 2.45) is 5.92 Å². The molecule has 3 aliphatic heterocycles. The lowest BCUT2D eigenvalue weighted by atomic mass is 10.0. The van der Waals surface area contributed by atoms with Gasteiger partial charge in [-0.2, -0.15) is 9.97 Å². The maximum absolute atomic E-state index is 16.5. The first-order valence-corrected chi connectivity index (χ1v) is 13.6. The number of anilines is 1. The number of benzene rings is 2. The Morgan fingerprint density at radius 3 is 2.87 bits per heavy atom. The number of aromatic hydroxyl groups is 1. The van der Waals surface area contributed by atoms with Gasteiger partial charge in [0, 0.05) is 44.4 Å². The minimum absolute atomic E-state index is 0.0479. The number of hydrogen-bond donors (Lipinski definition) is 1. The molecule has 9 heteroatoms. The number of phenols is 1. The Labute approximate surface area is 225 Å². The highest BCUT2D eigenvalue weighted by Gasteiger charge is 2.30. The van der Waals surface area contributed by atoms with Crippen LogP contribution in [0.5, 0.6) is 11.8 Å². The normalized spacial score (nSPS) is 19.7. The van der Waals surface area contributed by atoms with Gasteiger partial charge in [0.25, 0.3) is 0 Å². The minimum atomic E-state index is -0.567. The number of ether oxygens (including phenoxy) is 2. The average Bonchev–Trinajstić information content (AvgIpc) is 3.48. The first-order chi connectivity index (χ1) is 19.0. The summed E-state index contributed by atoms with van der Waals surface area (Å²) >= 11 is 0. The molecule has 0 saturated carbocycles. The van der Waals surface area contributed by atoms with E-state index >= 15 is 4.39 Å². The molecule has 0 radical (unpaired) electrons. The maximum atomic E-state index is 16.5. The van der Waals surface area contributed by atoms with E-state index in [-0.39, 0.29) is 28.9 Å². The molecule has 8 nitrogen and oxygen atoms in total. The van der Waals surface area contributed by atoms with E-state index in [0.717, 1.165) is 48.9 Å². The molecular formula is C30H30FN5O3. The molecule has 3 aliphatic rings. The first kappa shape index (κ1) is 24.1. The molecule has 0 amide bonds. The van der Waals surface area contributed by atoms with Crippen LogP contribution in [0.25, 0.3) is 32.9 Å². The van der Waals surface area contributed by atoms with Crippen LogP contribution in [-0.2, 0) is 4.74 Å². The predicted molar refractivity (Wildman–Crippen MR) is 147 cm³/mol. The molecule has 2 aromatic carbocycles. The van der Waals surface area contributed by atoms with E-state index in [1.807, 2.05) is 24.3 Å². The quantitative estimate of drug-likeness (QED) is 0.385. The zero-order valence-corrected chi connectivity index (χ0v) is 21.9. The van der Waals surface area contributed by atoms with Crippen LogP contribution in [0, 0.1) is 11.7 Å². The zero-order valence-electron chi connectivity index (χ0n) is 21.9. The van der Waals surface area contributed by atoms with E-state index in [1.165, 1.54) is 5.70 Å². The molecule has 39 heavy (non-hydrogen) atoms. The molecule has 2 saturated heterocycles. The topological polar surface area (TPSA) is 83.8 Å². The number of halogens is 1. The van der Waals surface area contributed by atoms with Crippen molar-refractivity contribution in [1.82, 2.24) is 19.9 Å². The van der Waals surface area contributed by atoms with Crippen LogP contribution < -0.4 is 9.64 Å². The fourth-order valence-corrected chi connectivity index (χ4v) is 6.05. The van der Waals surface area contributed by atoms with Crippen LogP contribution in [0.1, 0.15) is 26.2 Å². The summed E-state index contributed by atoms with van der Waals surface area (Å²) in [7, 11) is 0. The SMILES string of the molecule is CC1COCCN(c2nc(OC3=C4CCCN4CC3)nc3c(F)c(-c4cc(O)cc5ccccc45)ncc23)C1. The number of hydrogen-bond acceptors (Lipinski definition) is 8. The highest BCUT2D eigenvalue weighted by molar-refractivity contribution is 5.99. The molecule has 1 N–H and O–H groups in total. The van der Waals surface area contributed by atoms with Crippen molar-refractivity contribution in [2.45, 2.75) is 26.2 Å². The van der Waals surface area contributed by atoms with E-state index in [9.17, 15) is 5.11 Å². The van der Waals surface area contributed by atoms with Crippen molar-refractivity contribution in [3.05, 3.63) is 59.9 Å². The number of nitrogens with zero attached hydrogens (tertiary/aromatic N) is 5. The monoisotopic (exact) mass is 527 g/mol. The molecule has 0 spiro atoms. The van der Waals surface area contributed by atoms with Crippen molar-refractivity contribution in [3.8, 4) is 23.0 Å². The summed E-state index contributed by atoms with van der Waals surface area (Å²) in [5.41, 5.74) is 1.99. The Kier molecular flexibility index (Phi) is 5.96. The van der Waals surface area contributed by atoms with Crippen LogP contribution in [0.2, 0.25) is 0 Å². The lowest BCUT2D eigenvalue weighted by molar-refractivity contribution is 0.129. The number of fused-ring (bicyclic) bond motifs is 3. The minimum Gasteiger partial charge on any atom is -0.508 e. The van der Waals surface area contributed by atoms with Gasteiger partial charge in [-0.25, -0.2) is 4.39 Å². The lowest BCUT2D eigenvalue weighted by Gasteiger charge is -2.25. The highest BCUT2D eigenvalue weighted by Crippen LogP contribution is 2.38. The van der Waals surface area contributed by atoms with Gasteiger partial charge in [0.1, 0.15) is 28.5 Å². The summed E-state index contributed by atoms with van der Waals surface area (Å²) < 4.78 is 28.5. The molecular weight excluding hydrogens is 497 g/mol. The third kappa shape index (κ3) is 4.30. The molecule has 2 aromatic heterocycles. The van der Waals surface area contributed by atoms with Gasteiger partial charge >= 0.3 is 6.01 Å². The maximum Gasteiger partial charge on any atom is 0.324 e. The molecule has 7 rings (SSSR count). The Hall–Kier alpha value is -3.98. The number of allylic oxidation sites excluding steroid dienone is 1. The summed E-state index contributed by atoms with van der Waals surface area (Å²) in [6.45, 7) is 6.66. The van der Waals surface area contributed by atoms with E-state index in [1.54, 1.807) is 18.3 Å². The van der Waals surface area contributed by atoms with E-state index in [4.69, 9.17) is 14.5 Å². The second-order valence-electron chi connectivity index (χ2n) is 10.7. The Morgan fingerprint density at radius 1 is 1.05 bits per heavy atom. The van der Waals surface area contributed by atoms with Gasteiger partial charge in [0.15, 0.2) is 5.82 Å². The molecule has 2 fully saturated rings. The Morgan fingerprint density at radius 2 is 1.95 bits per heavy atom. The van der Waals surface area contributed by atoms with Gasteiger partial charge in [-0.1, -0.05) is 31.2 Å². The molecule has 200 valence electrons. The van der Waals surface area contributed by atoms with E-state index in [2.05, 4.69) is 26.7 Å². The number of phenolic OH excluding ortho intramolecular Hbond substituents is 1. The van der Waals surface area contributed by atoms with Crippen molar-refractivity contribution in [1.29, 1.82) is 0 Å². The predicted octanol–water partition coefficient (Wildman–Crippen LogP) is 5.25. The third-order valence-electron chi connectivity index (χ3n) is 7.85. The molecule has 0 aliphatic carbocycles. The molecule has 1 unspecified atom stereocenters. The van der Waals surface area contributed by atoms with E-state index in [0.29, 0.717) is 43.1 Å². The molecule has 4 aromatic rings. The Bertz CT molecular complexity index is 1620. The largest absolute Gasteiger partial charge is 0.508 e. The summed E-state index contributed by atoms with van der Waals surface area (Å²) in [6.07, 6.45) is 4.52. The van der Waals surface area contributed by atoms with Crippen molar-refractivity contribution in [3.63, 3.8) is 0 Å². The van der Waals surface area contributed by atoms with Crippen LogP contribution in [0.4, 0.5) is 10.2 Å². The standard InChI is InChI=1S/C30H30FN5O3/c1-18-16-36(11-12-38-17-18)29-23-15-32-27(22-14-20(37)13-19-5-2-3-6-21(19)22)26(31)28(23)33-30(34-29)39-25-8-10-35-9-4-7-24(25)35/h2-3,5-6,13-15,18,37H,4,7-12,16-17H2,1H3. The van der Waals surface area contributed by atoms with Crippen LogP contribution in [-0.4, -0.2) is 64.4 Å². The summed E-state index contributed by atoms with van der Waals surface area (Å²) in [5.74, 6) is 1.23. The van der Waals surface area contributed by atoms with Gasteiger partial charge < -0.3 is 24.4 Å². The molecule has 5 heterocycles. The molecule has 1 atom stereocenters. The average molecular weight is 528 g/mol. The number of aromatic nitrogens is 3. The number of pyridine rings is 1. The Balaban J connectivity index is 1.41. The summed E-state index contributed by atoms with van der Waals surface area (Å²) in [5, 5.41) is 12.5. The summed E-state index contributed by atoms with van der Waals surface area (Å²) in [6, 6.07) is 10.9. The van der Waals surface area contributed by atoms with Gasteiger partial charge in [-0.05, 0) is 41.7 Å². The van der Waals surface area contributed by atoms with Crippen molar-refractivity contribution < 1.29 is 19.0 Å². The van der Waals surface area contributed by atoms with Gasteiger partial charge in [0.2, 0.25) is 0 Å². The van der Waals surface area contributed by atoms with Gasteiger partial charge in [-0.15, -0.1) is 0 Å². The second-order valence-corrected chi connectivity index (χ2v) is 10.7.